The smallest absolute Gasteiger partial charge is 0.0729 e. The lowest BCUT2D eigenvalue weighted by atomic mass is 10.1. The van der Waals surface area contributed by atoms with Crippen LogP contribution in [0, 0.1) is 5.92 Å². The van der Waals surface area contributed by atoms with Crippen molar-refractivity contribution < 1.29 is 5.11 Å². The fourth-order valence-electron chi connectivity index (χ4n) is 0.675. The number of aliphatic hydroxyl groups is 1. The summed E-state index contributed by atoms with van der Waals surface area (Å²) in [5.41, 5.74) is 0. The standard InChI is InChI=1S/C8H17NOS/c1-4-7(10)5-8(11-9)6(2)3/h5-7,10H,4,9H2,1-3H3/b8-5-. The highest BCUT2D eigenvalue weighted by Gasteiger charge is 2.04. The van der Waals surface area contributed by atoms with Gasteiger partial charge < -0.3 is 5.11 Å². The molecule has 1 unspecified atom stereocenters. The van der Waals surface area contributed by atoms with Crippen LogP contribution in [0.1, 0.15) is 27.2 Å². The van der Waals surface area contributed by atoms with Gasteiger partial charge in [0.2, 0.25) is 0 Å². The minimum Gasteiger partial charge on any atom is -0.389 e. The minimum atomic E-state index is -0.344. The van der Waals surface area contributed by atoms with Crippen LogP contribution in [0.4, 0.5) is 0 Å². The summed E-state index contributed by atoms with van der Waals surface area (Å²) >= 11 is 1.22. The fourth-order valence-corrected chi connectivity index (χ4v) is 1.18. The van der Waals surface area contributed by atoms with E-state index >= 15 is 0 Å². The van der Waals surface area contributed by atoms with E-state index in [1.807, 2.05) is 13.0 Å². The average molecular weight is 175 g/mol. The van der Waals surface area contributed by atoms with Gasteiger partial charge >= 0.3 is 0 Å². The van der Waals surface area contributed by atoms with Crippen molar-refractivity contribution in [2.45, 2.75) is 33.3 Å². The highest BCUT2D eigenvalue weighted by molar-refractivity contribution is 8.00. The second-order valence-electron chi connectivity index (χ2n) is 2.82. The predicted octanol–water partition coefficient (Wildman–Crippen LogP) is 1.90. The van der Waals surface area contributed by atoms with Gasteiger partial charge in [-0.2, -0.15) is 0 Å². The molecule has 0 rings (SSSR count). The normalized spacial score (nSPS) is 15.6. The van der Waals surface area contributed by atoms with Crippen molar-refractivity contribution in [2.24, 2.45) is 11.1 Å². The third kappa shape index (κ3) is 4.45. The largest absolute Gasteiger partial charge is 0.389 e. The molecule has 0 aliphatic rings. The van der Waals surface area contributed by atoms with Crippen LogP contribution in [0.5, 0.6) is 0 Å². The van der Waals surface area contributed by atoms with E-state index in [-0.39, 0.29) is 6.10 Å². The molecule has 0 aromatic carbocycles. The Labute approximate surface area is 73.0 Å². The molecule has 0 aromatic heterocycles. The number of allylic oxidation sites excluding steroid dienone is 1. The Morgan fingerprint density at radius 2 is 2.18 bits per heavy atom. The molecule has 0 fully saturated rings. The van der Waals surface area contributed by atoms with Gasteiger partial charge in [0.15, 0.2) is 0 Å². The summed E-state index contributed by atoms with van der Waals surface area (Å²) in [6, 6.07) is 0. The van der Waals surface area contributed by atoms with Crippen molar-refractivity contribution in [1.29, 1.82) is 0 Å². The van der Waals surface area contributed by atoms with Gasteiger partial charge in [-0.1, -0.05) is 32.7 Å². The molecular weight excluding hydrogens is 158 g/mol. The van der Waals surface area contributed by atoms with Crippen LogP contribution in [-0.4, -0.2) is 11.2 Å². The number of hydrogen-bond acceptors (Lipinski definition) is 3. The van der Waals surface area contributed by atoms with E-state index in [2.05, 4.69) is 13.8 Å². The monoisotopic (exact) mass is 175 g/mol. The molecule has 3 heteroatoms. The number of rotatable bonds is 4. The third-order valence-electron chi connectivity index (χ3n) is 1.48. The Kier molecular flexibility index (Phi) is 5.64. The molecule has 0 saturated heterocycles. The van der Waals surface area contributed by atoms with E-state index in [1.54, 1.807) is 0 Å². The molecule has 3 N–H and O–H groups in total. The second kappa shape index (κ2) is 5.63. The van der Waals surface area contributed by atoms with Gasteiger partial charge in [0.25, 0.3) is 0 Å². The van der Waals surface area contributed by atoms with Gasteiger partial charge in [-0.15, -0.1) is 0 Å². The molecule has 0 heterocycles. The van der Waals surface area contributed by atoms with E-state index < -0.39 is 0 Å². The highest BCUT2D eigenvalue weighted by Crippen LogP contribution is 2.19. The molecule has 11 heavy (non-hydrogen) atoms. The predicted molar refractivity (Wildman–Crippen MR) is 51.0 cm³/mol. The zero-order chi connectivity index (χ0) is 8.85. The van der Waals surface area contributed by atoms with Crippen LogP contribution >= 0.6 is 11.9 Å². The number of aliphatic hydroxyl groups excluding tert-OH is 1. The molecule has 0 radical (unpaired) electrons. The molecule has 0 aliphatic heterocycles. The molecular formula is C8H17NOS. The quantitative estimate of drug-likeness (QED) is 0.641. The van der Waals surface area contributed by atoms with Crippen LogP contribution < -0.4 is 5.14 Å². The van der Waals surface area contributed by atoms with E-state index in [4.69, 9.17) is 5.14 Å². The van der Waals surface area contributed by atoms with E-state index in [0.717, 1.165) is 11.3 Å². The zero-order valence-electron chi connectivity index (χ0n) is 7.37. The van der Waals surface area contributed by atoms with Crippen molar-refractivity contribution in [3.05, 3.63) is 11.0 Å². The Bertz CT molecular complexity index is 134. The van der Waals surface area contributed by atoms with Crippen LogP contribution in [-0.2, 0) is 0 Å². The molecule has 0 spiro atoms. The third-order valence-corrected chi connectivity index (χ3v) is 2.36. The summed E-state index contributed by atoms with van der Waals surface area (Å²) < 4.78 is 0. The first kappa shape index (κ1) is 11.0. The van der Waals surface area contributed by atoms with Gasteiger partial charge in [0.05, 0.1) is 6.10 Å². The molecule has 66 valence electrons. The van der Waals surface area contributed by atoms with Crippen LogP contribution in [0.25, 0.3) is 0 Å². The van der Waals surface area contributed by atoms with Gasteiger partial charge in [-0.3, -0.25) is 5.14 Å². The highest BCUT2D eigenvalue weighted by atomic mass is 32.2. The summed E-state index contributed by atoms with van der Waals surface area (Å²) in [5.74, 6) is 0.409. The van der Waals surface area contributed by atoms with E-state index in [9.17, 15) is 5.11 Å². The summed E-state index contributed by atoms with van der Waals surface area (Å²) in [5, 5.41) is 14.7. The molecule has 0 aromatic rings. The Morgan fingerprint density at radius 1 is 1.64 bits per heavy atom. The van der Waals surface area contributed by atoms with Crippen molar-refractivity contribution in [3.8, 4) is 0 Å². The van der Waals surface area contributed by atoms with Gasteiger partial charge in [0.1, 0.15) is 0 Å². The maximum atomic E-state index is 9.26. The maximum absolute atomic E-state index is 9.26. The van der Waals surface area contributed by atoms with Crippen molar-refractivity contribution in [2.75, 3.05) is 0 Å². The molecule has 0 saturated carbocycles. The van der Waals surface area contributed by atoms with E-state index in [0.29, 0.717) is 5.92 Å². The lowest BCUT2D eigenvalue weighted by molar-refractivity contribution is 0.218. The first-order chi connectivity index (χ1) is 5.11. The summed E-state index contributed by atoms with van der Waals surface area (Å²) in [6.45, 7) is 6.07. The molecule has 0 bridgehead atoms. The molecule has 1 atom stereocenters. The Balaban J connectivity index is 4.10. The van der Waals surface area contributed by atoms with Crippen LogP contribution in [0.15, 0.2) is 11.0 Å². The molecule has 0 aliphatic carbocycles. The average Bonchev–Trinajstić information content (AvgIpc) is 1.99. The zero-order valence-corrected chi connectivity index (χ0v) is 8.19. The van der Waals surface area contributed by atoms with Crippen molar-refractivity contribution >= 4 is 11.9 Å². The first-order valence-corrected chi connectivity index (χ1v) is 4.76. The SMILES string of the molecule is CCC(O)/C=C(\SN)C(C)C. The molecule has 0 amide bonds. The Hall–Kier alpha value is 0.01000. The van der Waals surface area contributed by atoms with Gasteiger partial charge in [-0.05, 0) is 18.4 Å². The maximum Gasteiger partial charge on any atom is 0.0729 e. The van der Waals surface area contributed by atoms with Gasteiger partial charge in [0, 0.05) is 4.91 Å². The van der Waals surface area contributed by atoms with E-state index in [1.165, 1.54) is 11.9 Å². The van der Waals surface area contributed by atoms with Crippen molar-refractivity contribution in [3.63, 3.8) is 0 Å². The summed E-state index contributed by atoms with van der Waals surface area (Å²) in [4.78, 5) is 1.05. The fraction of sp³-hybridized carbons (Fsp3) is 0.750. The molecule has 2 nitrogen and oxygen atoms in total. The second-order valence-corrected chi connectivity index (χ2v) is 3.52. The van der Waals surface area contributed by atoms with Crippen molar-refractivity contribution in [1.82, 2.24) is 0 Å². The summed E-state index contributed by atoms with van der Waals surface area (Å²) in [6.07, 6.45) is 2.23. The Morgan fingerprint density at radius 3 is 2.45 bits per heavy atom. The van der Waals surface area contributed by atoms with Crippen LogP contribution in [0.2, 0.25) is 0 Å². The minimum absolute atomic E-state index is 0.344. The number of hydrogen-bond donors (Lipinski definition) is 2. The number of nitrogens with two attached hydrogens (primary N) is 1. The lowest BCUT2D eigenvalue weighted by Crippen LogP contribution is -2.03. The lowest BCUT2D eigenvalue weighted by Gasteiger charge is -2.09. The van der Waals surface area contributed by atoms with Gasteiger partial charge in [-0.25, -0.2) is 0 Å². The first-order valence-electron chi connectivity index (χ1n) is 3.88. The topological polar surface area (TPSA) is 46.2 Å². The summed E-state index contributed by atoms with van der Waals surface area (Å²) in [7, 11) is 0. The van der Waals surface area contributed by atoms with Crippen LogP contribution in [0.3, 0.4) is 0 Å².